The van der Waals surface area contributed by atoms with Crippen LogP contribution in [0.1, 0.15) is 11.1 Å². The summed E-state index contributed by atoms with van der Waals surface area (Å²) >= 11 is 11.6. The van der Waals surface area contributed by atoms with E-state index in [4.69, 9.17) is 23.2 Å². The van der Waals surface area contributed by atoms with Crippen LogP contribution in [0.5, 0.6) is 0 Å². The first-order valence-corrected chi connectivity index (χ1v) is 6.19. The van der Waals surface area contributed by atoms with Crippen molar-refractivity contribution in [3.63, 3.8) is 0 Å². The molecule has 19 heavy (non-hydrogen) atoms. The Morgan fingerprint density at radius 1 is 1.00 bits per heavy atom. The van der Waals surface area contributed by atoms with E-state index >= 15 is 0 Å². The molecule has 0 saturated carbocycles. The molecular weight excluding hydrogens is 285 g/mol. The number of nitro benzene ring substituents is 1. The van der Waals surface area contributed by atoms with Crippen molar-refractivity contribution >= 4 is 41.0 Å². The third-order valence-corrected chi connectivity index (χ3v) is 3.04. The van der Waals surface area contributed by atoms with E-state index in [9.17, 15) is 10.1 Å². The number of halogens is 2. The van der Waals surface area contributed by atoms with Crippen LogP contribution >= 0.6 is 23.2 Å². The minimum Gasteiger partial charge on any atom is -0.258 e. The standard InChI is InChI=1S/C14H9Cl2NO2/c15-12-3-1-2-10(8-12)4-5-11-6-7-13(16)14(9-11)17(18)19/h1-9H/b5-4+. The van der Waals surface area contributed by atoms with Gasteiger partial charge < -0.3 is 0 Å². The number of hydrogen-bond acceptors (Lipinski definition) is 2. The molecule has 0 aromatic heterocycles. The summed E-state index contributed by atoms with van der Waals surface area (Å²) in [5.41, 5.74) is 1.52. The molecule has 0 saturated heterocycles. The molecule has 2 rings (SSSR count). The van der Waals surface area contributed by atoms with E-state index in [-0.39, 0.29) is 10.7 Å². The molecule has 0 unspecified atom stereocenters. The Bertz CT molecular complexity index is 654. The van der Waals surface area contributed by atoms with Crippen molar-refractivity contribution in [1.82, 2.24) is 0 Å². The van der Waals surface area contributed by atoms with Gasteiger partial charge in [0.05, 0.1) is 4.92 Å². The predicted molar refractivity (Wildman–Crippen MR) is 78.5 cm³/mol. The van der Waals surface area contributed by atoms with Crippen LogP contribution in [0, 0.1) is 10.1 Å². The summed E-state index contributed by atoms with van der Waals surface area (Å²) in [7, 11) is 0. The maximum absolute atomic E-state index is 10.8. The molecule has 0 atom stereocenters. The monoisotopic (exact) mass is 293 g/mol. The molecule has 0 aliphatic rings. The summed E-state index contributed by atoms with van der Waals surface area (Å²) in [6, 6.07) is 12.0. The average Bonchev–Trinajstić information content (AvgIpc) is 2.37. The summed E-state index contributed by atoms with van der Waals surface area (Å²) in [5.74, 6) is 0. The summed E-state index contributed by atoms with van der Waals surface area (Å²) in [4.78, 5) is 10.3. The molecule has 0 amide bonds. The van der Waals surface area contributed by atoms with Crippen LogP contribution in [0.15, 0.2) is 42.5 Å². The summed E-state index contributed by atoms with van der Waals surface area (Å²) < 4.78 is 0. The molecule has 0 aliphatic heterocycles. The molecule has 0 bridgehead atoms. The lowest BCUT2D eigenvalue weighted by Gasteiger charge is -1.98. The summed E-state index contributed by atoms with van der Waals surface area (Å²) in [6.45, 7) is 0. The van der Waals surface area contributed by atoms with Gasteiger partial charge in [0.15, 0.2) is 0 Å². The second-order valence-corrected chi connectivity index (χ2v) is 4.70. The number of rotatable bonds is 3. The molecule has 0 aliphatic carbocycles. The van der Waals surface area contributed by atoms with Crippen molar-refractivity contribution in [2.75, 3.05) is 0 Å². The van der Waals surface area contributed by atoms with Gasteiger partial charge in [0, 0.05) is 11.1 Å². The highest BCUT2D eigenvalue weighted by molar-refractivity contribution is 6.32. The van der Waals surface area contributed by atoms with Crippen LogP contribution in [0.2, 0.25) is 10.0 Å². The molecule has 0 radical (unpaired) electrons. The van der Waals surface area contributed by atoms with Gasteiger partial charge in [-0.05, 0) is 29.3 Å². The third kappa shape index (κ3) is 3.56. The zero-order chi connectivity index (χ0) is 13.8. The highest BCUT2D eigenvalue weighted by Gasteiger charge is 2.11. The largest absolute Gasteiger partial charge is 0.288 e. The van der Waals surface area contributed by atoms with Gasteiger partial charge in [-0.2, -0.15) is 0 Å². The number of nitrogens with zero attached hydrogens (tertiary/aromatic N) is 1. The maximum atomic E-state index is 10.8. The van der Waals surface area contributed by atoms with Crippen molar-refractivity contribution < 1.29 is 4.92 Å². The third-order valence-electron chi connectivity index (χ3n) is 2.48. The number of nitro groups is 1. The Morgan fingerprint density at radius 3 is 2.32 bits per heavy atom. The smallest absolute Gasteiger partial charge is 0.258 e. The summed E-state index contributed by atoms with van der Waals surface area (Å²) in [6.07, 6.45) is 3.60. The van der Waals surface area contributed by atoms with E-state index in [1.54, 1.807) is 18.2 Å². The Hall–Kier alpha value is -1.84. The zero-order valence-electron chi connectivity index (χ0n) is 9.72. The van der Waals surface area contributed by atoms with Crippen molar-refractivity contribution in [2.24, 2.45) is 0 Å². The molecule has 2 aromatic carbocycles. The second kappa shape index (κ2) is 5.87. The molecule has 2 aromatic rings. The normalized spacial score (nSPS) is 10.8. The average molecular weight is 294 g/mol. The van der Waals surface area contributed by atoms with Gasteiger partial charge in [-0.3, -0.25) is 10.1 Å². The lowest BCUT2D eigenvalue weighted by Crippen LogP contribution is -1.89. The second-order valence-electron chi connectivity index (χ2n) is 3.86. The zero-order valence-corrected chi connectivity index (χ0v) is 11.2. The van der Waals surface area contributed by atoms with Gasteiger partial charge in [-0.25, -0.2) is 0 Å². The maximum Gasteiger partial charge on any atom is 0.288 e. The van der Waals surface area contributed by atoms with E-state index in [1.165, 1.54) is 12.1 Å². The fourth-order valence-corrected chi connectivity index (χ4v) is 1.96. The molecular formula is C14H9Cl2NO2. The SMILES string of the molecule is O=[N+]([O-])c1cc(/C=C/c2cccc(Cl)c2)ccc1Cl. The molecule has 3 nitrogen and oxygen atoms in total. The first-order valence-electron chi connectivity index (χ1n) is 5.44. The first-order chi connectivity index (χ1) is 9.06. The Balaban J connectivity index is 2.29. The van der Waals surface area contributed by atoms with Gasteiger partial charge >= 0.3 is 0 Å². The highest BCUT2D eigenvalue weighted by Crippen LogP contribution is 2.26. The quantitative estimate of drug-likeness (QED) is 0.450. The van der Waals surface area contributed by atoms with Gasteiger partial charge in [-0.1, -0.05) is 53.6 Å². The predicted octanol–water partition coefficient (Wildman–Crippen LogP) is 5.07. The first kappa shape index (κ1) is 13.6. The Labute approximate surface area is 120 Å². The van der Waals surface area contributed by atoms with Crippen LogP contribution in [0.25, 0.3) is 12.2 Å². The van der Waals surface area contributed by atoms with E-state index in [2.05, 4.69) is 0 Å². The van der Waals surface area contributed by atoms with Crippen molar-refractivity contribution in [2.45, 2.75) is 0 Å². The lowest BCUT2D eigenvalue weighted by atomic mass is 10.1. The van der Waals surface area contributed by atoms with Crippen molar-refractivity contribution in [3.8, 4) is 0 Å². The minimum atomic E-state index is -0.501. The van der Waals surface area contributed by atoms with Crippen LogP contribution in [-0.4, -0.2) is 4.92 Å². The topological polar surface area (TPSA) is 43.1 Å². The molecule has 5 heteroatoms. The fourth-order valence-electron chi connectivity index (χ4n) is 1.58. The molecule has 0 fully saturated rings. The highest BCUT2D eigenvalue weighted by atomic mass is 35.5. The van der Waals surface area contributed by atoms with E-state index in [1.807, 2.05) is 24.3 Å². The summed E-state index contributed by atoms with van der Waals surface area (Å²) in [5, 5.41) is 11.5. The fraction of sp³-hybridized carbons (Fsp3) is 0. The van der Waals surface area contributed by atoms with Gasteiger partial charge in [0.1, 0.15) is 5.02 Å². The molecule has 96 valence electrons. The van der Waals surface area contributed by atoms with Crippen molar-refractivity contribution in [3.05, 3.63) is 73.8 Å². The van der Waals surface area contributed by atoms with Crippen LogP contribution in [-0.2, 0) is 0 Å². The minimum absolute atomic E-state index is 0.102. The van der Waals surface area contributed by atoms with Gasteiger partial charge in [-0.15, -0.1) is 0 Å². The number of benzene rings is 2. The van der Waals surface area contributed by atoms with Crippen LogP contribution in [0.3, 0.4) is 0 Å². The van der Waals surface area contributed by atoms with Gasteiger partial charge in [0.25, 0.3) is 5.69 Å². The Morgan fingerprint density at radius 2 is 1.68 bits per heavy atom. The van der Waals surface area contributed by atoms with Crippen LogP contribution < -0.4 is 0 Å². The molecule has 0 N–H and O–H groups in total. The molecule has 0 heterocycles. The lowest BCUT2D eigenvalue weighted by molar-refractivity contribution is -0.384. The van der Waals surface area contributed by atoms with E-state index < -0.39 is 4.92 Å². The number of hydrogen-bond donors (Lipinski definition) is 0. The Kier molecular flexibility index (Phi) is 4.20. The van der Waals surface area contributed by atoms with Gasteiger partial charge in [0.2, 0.25) is 0 Å². The van der Waals surface area contributed by atoms with Crippen molar-refractivity contribution in [1.29, 1.82) is 0 Å². The van der Waals surface area contributed by atoms with E-state index in [0.717, 1.165) is 5.56 Å². The van der Waals surface area contributed by atoms with E-state index in [0.29, 0.717) is 10.6 Å². The molecule has 0 spiro atoms. The van der Waals surface area contributed by atoms with Crippen LogP contribution in [0.4, 0.5) is 5.69 Å².